The monoisotopic (exact) mass is 156 g/mol. The molecule has 0 saturated heterocycles. The normalized spacial score (nSPS) is 12.7. The van der Waals surface area contributed by atoms with E-state index in [1.807, 2.05) is 0 Å². The SMILES string of the molecule is CC(C)(CCl)CC(F)F. The largest absolute Gasteiger partial charge is 0.239 e. The Kier molecular flexibility index (Phi) is 3.41. The molecule has 0 N–H and O–H groups in total. The first kappa shape index (κ1) is 9.15. The lowest BCUT2D eigenvalue weighted by Gasteiger charge is -2.19. The highest BCUT2D eigenvalue weighted by atomic mass is 35.5. The first-order valence-corrected chi connectivity index (χ1v) is 3.35. The van der Waals surface area contributed by atoms with Gasteiger partial charge in [-0.05, 0) is 5.41 Å². The minimum absolute atomic E-state index is 0.115. The lowest BCUT2D eigenvalue weighted by Crippen LogP contribution is -2.17. The van der Waals surface area contributed by atoms with Gasteiger partial charge in [0.2, 0.25) is 6.43 Å². The zero-order valence-corrected chi connectivity index (χ0v) is 6.38. The summed E-state index contributed by atoms with van der Waals surface area (Å²) in [5.41, 5.74) is -0.421. The Hall–Kier alpha value is 0.150. The van der Waals surface area contributed by atoms with Gasteiger partial charge in [0.05, 0.1) is 0 Å². The van der Waals surface area contributed by atoms with Crippen LogP contribution < -0.4 is 0 Å². The number of halogens is 3. The van der Waals surface area contributed by atoms with Crippen LogP contribution in [-0.2, 0) is 0 Å². The summed E-state index contributed by atoms with van der Waals surface area (Å²) in [4.78, 5) is 0. The third-order valence-electron chi connectivity index (χ3n) is 1.07. The van der Waals surface area contributed by atoms with Crippen molar-refractivity contribution in [2.24, 2.45) is 5.41 Å². The molecule has 0 bridgehead atoms. The van der Waals surface area contributed by atoms with Crippen LogP contribution in [0.25, 0.3) is 0 Å². The zero-order chi connectivity index (χ0) is 7.49. The summed E-state index contributed by atoms with van der Waals surface area (Å²) >= 11 is 5.40. The molecule has 0 fully saturated rings. The van der Waals surface area contributed by atoms with E-state index in [1.54, 1.807) is 13.8 Å². The smallest absolute Gasteiger partial charge is 0.211 e. The Morgan fingerprint density at radius 2 is 1.89 bits per heavy atom. The minimum atomic E-state index is -2.24. The number of alkyl halides is 3. The predicted octanol–water partition coefficient (Wildman–Crippen LogP) is 2.91. The fraction of sp³-hybridized carbons (Fsp3) is 1.00. The van der Waals surface area contributed by atoms with Gasteiger partial charge in [-0.15, -0.1) is 11.6 Å². The van der Waals surface area contributed by atoms with Crippen LogP contribution in [-0.4, -0.2) is 12.3 Å². The molecule has 0 aliphatic carbocycles. The highest BCUT2D eigenvalue weighted by molar-refractivity contribution is 6.18. The van der Waals surface area contributed by atoms with Crippen molar-refractivity contribution in [1.29, 1.82) is 0 Å². The molecule has 0 heterocycles. The summed E-state index contributed by atoms with van der Waals surface area (Å²) in [7, 11) is 0. The van der Waals surface area contributed by atoms with E-state index in [0.29, 0.717) is 0 Å². The van der Waals surface area contributed by atoms with Crippen LogP contribution in [0.3, 0.4) is 0 Å². The highest BCUT2D eigenvalue weighted by Crippen LogP contribution is 2.25. The summed E-state index contributed by atoms with van der Waals surface area (Å²) in [6, 6.07) is 0. The molecule has 0 spiro atoms. The van der Waals surface area contributed by atoms with Gasteiger partial charge < -0.3 is 0 Å². The van der Waals surface area contributed by atoms with Crippen molar-refractivity contribution >= 4 is 11.6 Å². The van der Waals surface area contributed by atoms with Gasteiger partial charge in [0.15, 0.2) is 0 Å². The average Bonchev–Trinajstić information content (AvgIpc) is 1.63. The molecule has 56 valence electrons. The number of hydrogen-bond donors (Lipinski definition) is 0. The fourth-order valence-corrected chi connectivity index (χ4v) is 0.581. The Morgan fingerprint density at radius 3 is 2.00 bits per heavy atom. The van der Waals surface area contributed by atoms with E-state index in [4.69, 9.17) is 11.6 Å². The second kappa shape index (κ2) is 3.35. The van der Waals surface area contributed by atoms with Gasteiger partial charge >= 0.3 is 0 Å². The van der Waals surface area contributed by atoms with Gasteiger partial charge in [-0.25, -0.2) is 8.78 Å². The van der Waals surface area contributed by atoms with Gasteiger partial charge in [0, 0.05) is 12.3 Å². The molecule has 0 unspecified atom stereocenters. The van der Waals surface area contributed by atoms with Gasteiger partial charge in [-0.1, -0.05) is 13.8 Å². The van der Waals surface area contributed by atoms with Crippen molar-refractivity contribution in [2.75, 3.05) is 5.88 Å². The maximum absolute atomic E-state index is 11.7. The molecule has 0 nitrogen and oxygen atoms in total. The molecule has 0 aromatic carbocycles. The molecule has 9 heavy (non-hydrogen) atoms. The zero-order valence-electron chi connectivity index (χ0n) is 5.63. The molecule has 0 aliphatic rings. The first-order valence-electron chi connectivity index (χ1n) is 2.82. The van der Waals surface area contributed by atoms with Gasteiger partial charge in [-0.3, -0.25) is 0 Å². The lowest BCUT2D eigenvalue weighted by molar-refractivity contribution is 0.0956. The van der Waals surface area contributed by atoms with E-state index in [9.17, 15) is 8.78 Å². The molecule has 0 radical (unpaired) electrons. The summed E-state index contributed by atoms with van der Waals surface area (Å²) in [6.45, 7) is 3.46. The van der Waals surface area contributed by atoms with E-state index < -0.39 is 11.8 Å². The van der Waals surface area contributed by atoms with Crippen molar-refractivity contribution in [3.63, 3.8) is 0 Å². The maximum Gasteiger partial charge on any atom is 0.239 e. The molecule has 0 aliphatic heterocycles. The molecule has 0 amide bonds. The van der Waals surface area contributed by atoms with Crippen molar-refractivity contribution in [3.8, 4) is 0 Å². The fourth-order valence-electron chi connectivity index (χ4n) is 0.472. The van der Waals surface area contributed by atoms with Crippen molar-refractivity contribution in [2.45, 2.75) is 26.7 Å². The second-order valence-corrected chi connectivity index (χ2v) is 3.16. The molecule has 0 aromatic rings. The Bertz CT molecular complexity index is 81.1. The van der Waals surface area contributed by atoms with Gasteiger partial charge in [0.1, 0.15) is 0 Å². The highest BCUT2D eigenvalue weighted by Gasteiger charge is 2.21. The third kappa shape index (κ3) is 4.64. The Labute approximate surface area is 59.2 Å². The van der Waals surface area contributed by atoms with E-state index in [0.717, 1.165) is 0 Å². The maximum atomic E-state index is 11.7. The van der Waals surface area contributed by atoms with E-state index in [2.05, 4.69) is 0 Å². The van der Waals surface area contributed by atoms with Gasteiger partial charge in [-0.2, -0.15) is 0 Å². The van der Waals surface area contributed by atoms with Crippen LogP contribution >= 0.6 is 11.6 Å². The Balaban J connectivity index is 3.58. The van der Waals surface area contributed by atoms with Crippen LogP contribution in [0.4, 0.5) is 8.78 Å². The van der Waals surface area contributed by atoms with E-state index in [-0.39, 0.29) is 12.3 Å². The summed E-state index contributed by atoms with van der Waals surface area (Å²) < 4.78 is 23.3. The number of rotatable bonds is 3. The quantitative estimate of drug-likeness (QED) is 0.552. The number of hydrogen-bond acceptors (Lipinski definition) is 0. The lowest BCUT2D eigenvalue weighted by atomic mass is 9.92. The predicted molar refractivity (Wildman–Crippen MR) is 35.1 cm³/mol. The molecule has 0 atom stereocenters. The van der Waals surface area contributed by atoms with Crippen molar-refractivity contribution in [1.82, 2.24) is 0 Å². The van der Waals surface area contributed by atoms with Crippen LogP contribution in [0.2, 0.25) is 0 Å². The first-order chi connectivity index (χ1) is 3.98. The minimum Gasteiger partial charge on any atom is -0.211 e. The Morgan fingerprint density at radius 1 is 1.44 bits per heavy atom. The second-order valence-electron chi connectivity index (χ2n) is 2.89. The van der Waals surface area contributed by atoms with E-state index in [1.165, 1.54) is 0 Å². The molecule has 0 rings (SSSR count). The van der Waals surface area contributed by atoms with Crippen molar-refractivity contribution in [3.05, 3.63) is 0 Å². The molecule has 0 aromatic heterocycles. The van der Waals surface area contributed by atoms with Crippen LogP contribution in [0.15, 0.2) is 0 Å². The average molecular weight is 157 g/mol. The molecule has 3 heteroatoms. The van der Waals surface area contributed by atoms with Gasteiger partial charge in [0.25, 0.3) is 0 Å². The van der Waals surface area contributed by atoms with Crippen molar-refractivity contribution < 1.29 is 8.78 Å². The summed E-state index contributed by atoms with van der Waals surface area (Å²) in [5, 5.41) is 0. The van der Waals surface area contributed by atoms with Crippen LogP contribution in [0, 0.1) is 5.41 Å². The topological polar surface area (TPSA) is 0 Å². The molecule has 0 saturated carbocycles. The van der Waals surface area contributed by atoms with Crippen LogP contribution in [0.5, 0.6) is 0 Å². The molecular formula is C6H11ClF2. The van der Waals surface area contributed by atoms with E-state index >= 15 is 0 Å². The molecular weight excluding hydrogens is 146 g/mol. The summed E-state index contributed by atoms with van der Waals surface area (Å²) in [5.74, 6) is 0.289. The van der Waals surface area contributed by atoms with Crippen LogP contribution in [0.1, 0.15) is 20.3 Å². The summed E-state index contributed by atoms with van der Waals surface area (Å²) in [6.07, 6.45) is -2.35. The third-order valence-corrected chi connectivity index (χ3v) is 1.79. The standard InChI is InChI=1S/C6H11ClF2/c1-6(2,4-7)3-5(8)9/h5H,3-4H2,1-2H3.